The second-order valence-corrected chi connectivity index (χ2v) is 3.77. The summed E-state index contributed by atoms with van der Waals surface area (Å²) in [4.78, 5) is 0. The van der Waals surface area contributed by atoms with E-state index < -0.39 is 0 Å². The van der Waals surface area contributed by atoms with Crippen LogP contribution in [0.1, 0.15) is 38.8 Å². The van der Waals surface area contributed by atoms with Gasteiger partial charge >= 0.3 is 0 Å². The molecule has 0 atom stereocenters. The fourth-order valence-electron chi connectivity index (χ4n) is 2.12. The van der Waals surface area contributed by atoms with Gasteiger partial charge in [-0.25, -0.2) is 0 Å². The van der Waals surface area contributed by atoms with Gasteiger partial charge in [-0.2, -0.15) is 0 Å². The van der Waals surface area contributed by atoms with E-state index in [1.54, 1.807) is 0 Å². The Morgan fingerprint density at radius 2 is 1.59 bits per heavy atom. The van der Waals surface area contributed by atoms with Crippen LogP contribution < -0.4 is 0 Å². The highest BCUT2D eigenvalue weighted by molar-refractivity contribution is 5.84. The van der Waals surface area contributed by atoms with Crippen molar-refractivity contribution < 1.29 is 0 Å². The molecule has 17 heavy (non-hydrogen) atoms. The van der Waals surface area contributed by atoms with Crippen LogP contribution in [0.25, 0.3) is 5.57 Å². The van der Waals surface area contributed by atoms with Gasteiger partial charge in [0.1, 0.15) is 0 Å². The van der Waals surface area contributed by atoms with E-state index in [0.717, 1.165) is 6.42 Å². The van der Waals surface area contributed by atoms with Crippen LogP contribution in [0.5, 0.6) is 0 Å². The average Bonchev–Trinajstić information content (AvgIpc) is 2.72. The van der Waals surface area contributed by atoms with Crippen LogP contribution in [0, 0.1) is 0 Å². The zero-order valence-corrected chi connectivity index (χ0v) is 11.3. The molecule has 0 aliphatic heterocycles. The van der Waals surface area contributed by atoms with Crippen LogP contribution in [0.3, 0.4) is 0 Å². The molecule has 0 aromatic heterocycles. The molecule has 0 saturated heterocycles. The Balaban J connectivity index is 0.000000686. The zero-order chi connectivity index (χ0) is 12.7. The van der Waals surface area contributed by atoms with Gasteiger partial charge in [0.05, 0.1) is 0 Å². The van der Waals surface area contributed by atoms with E-state index in [1.165, 1.54) is 22.3 Å². The quantitative estimate of drug-likeness (QED) is 0.652. The molecule has 0 nitrogen and oxygen atoms in total. The summed E-state index contributed by atoms with van der Waals surface area (Å²) in [6.45, 7) is 8.14. The van der Waals surface area contributed by atoms with Crippen LogP contribution in [-0.2, 0) is 6.42 Å². The zero-order valence-electron chi connectivity index (χ0n) is 11.3. The minimum atomic E-state index is 1.07. The number of hydrogen-bond acceptors (Lipinski definition) is 0. The Hall–Kier alpha value is -1.56. The molecule has 0 spiro atoms. The standard InChI is InChI=1S/C15H16.C2H6/c1-3-7-12-11-13-9-5-6-10-15(13)14(12)8-4-2;1-2/h3-10H,11H2,1-2H3;1-2H3/b7-3-,8-4-;. The molecule has 1 aromatic rings. The summed E-state index contributed by atoms with van der Waals surface area (Å²) < 4.78 is 0. The largest absolute Gasteiger partial charge is 0.0874 e. The lowest BCUT2D eigenvalue weighted by Gasteiger charge is -1.99. The van der Waals surface area contributed by atoms with Crippen molar-refractivity contribution in [2.45, 2.75) is 34.1 Å². The Labute approximate surface area is 105 Å². The van der Waals surface area contributed by atoms with E-state index in [9.17, 15) is 0 Å². The van der Waals surface area contributed by atoms with Gasteiger partial charge in [-0.05, 0) is 42.5 Å². The molecule has 0 heteroatoms. The first kappa shape index (κ1) is 13.5. The highest BCUT2D eigenvalue weighted by Gasteiger charge is 2.16. The molecule has 0 heterocycles. The fourth-order valence-corrected chi connectivity index (χ4v) is 2.12. The third-order valence-electron chi connectivity index (χ3n) is 2.74. The summed E-state index contributed by atoms with van der Waals surface area (Å²) in [5, 5.41) is 0. The molecular weight excluding hydrogens is 204 g/mol. The molecule has 0 amide bonds. The average molecular weight is 226 g/mol. The van der Waals surface area contributed by atoms with E-state index in [2.05, 4.69) is 62.4 Å². The minimum Gasteiger partial charge on any atom is -0.0874 e. The summed E-state index contributed by atoms with van der Waals surface area (Å²) in [7, 11) is 0. The van der Waals surface area contributed by atoms with Crippen LogP contribution in [0.2, 0.25) is 0 Å². The molecule has 1 aromatic carbocycles. The van der Waals surface area contributed by atoms with Gasteiger partial charge in [-0.15, -0.1) is 0 Å². The second-order valence-electron chi connectivity index (χ2n) is 3.77. The molecule has 0 saturated carbocycles. The Bertz CT molecular complexity index is 445. The van der Waals surface area contributed by atoms with E-state index in [-0.39, 0.29) is 0 Å². The smallest absolute Gasteiger partial charge is 0.00136 e. The first-order chi connectivity index (χ1) is 8.36. The fraction of sp³-hybridized carbons (Fsp3) is 0.294. The third-order valence-corrected chi connectivity index (χ3v) is 2.74. The van der Waals surface area contributed by atoms with E-state index in [4.69, 9.17) is 0 Å². The van der Waals surface area contributed by atoms with Gasteiger partial charge in [-0.3, -0.25) is 0 Å². The van der Waals surface area contributed by atoms with E-state index in [0.29, 0.717) is 0 Å². The Morgan fingerprint density at radius 1 is 0.941 bits per heavy atom. The molecule has 0 radical (unpaired) electrons. The second kappa shape index (κ2) is 6.90. The lowest BCUT2D eigenvalue weighted by molar-refractivity contribution is 1.24. The van der Waals surface area contributed by atoms with Crippen molar-refractivity contribution in [2.24, 2.45) is 0 Å². The van der Waals surface area contributed by atoms with Crippen LogP contribution >= 0.6 is 0 Å². The summed E-state index contributed by atoms with van der Waals surface area (Å²) in [6, 6.07) is 8.65. The first-order valence-corrected chi connectivity index (χ1v) is 6.43. The molecule has 90 valence electrons. The monoisotopic (exact) mass is 226 g/mol. The van der Waals surface area contributed by atoms with Crippen molar-refractivity contribution in [2.75, 3.05) is 0 Å². The highest BCUT2D eigenvalue weighted by Crippen LogP contribution is 2.34. The summed E-state index contributed by atoms with van der Waals surface area (Å²) >= 11 is 0. The molecule has 0 bridgehead atoms. The first-order valence-electron chi connectivity index (χ1n) is 6.43. The van der Waals surface area contributed by atoms with Gasteiger partial charge in [0.25, 0.3) is 0 Å². The highest BCUT2D eigenvalue weighted by atomic mass is 14.2. The van der Waals surface area contributed by atoms with Crippen molar-refractivity contribution in [3.8, 4) is 0 Å². The van der Waals surface area contributed by atoms with Gasteiger partial charge in [0.2, 0.25) is 0 Å². The normalized spacial score (nSPS) is 14.1. The number of fused-ring (bicyclic) bond motifs is 1. The van der Waals surface area contributed by atoms with E-state index in [1.807, 2.05) is 13.8 Å². The minimum absolute atomic E-state index is 1.07. The van der Waals surface area contributed by atoms with Gasteiger partial charge in [0.15, 0.2) is 0 Å². The van der Waals surface area contributed by atoms with Gasteiger partial charge in [-0.1, -0.05) is 62.4 Å². The van der Waals surface area contributed by atoms with Crippen molar-refractivity contribution in [1.29, 1.82) is 0 Å². The maximum Gasteiger partial charge on any atom is -0.00136 e. The number of benzene rings is 1. The molecule has 2 rings (SSSR count). The lowest BCUT2D eigenvalue weighted by Crippen LogP contribution is -1.80. The third kappa shape index (κ3) is 2.97. The Kier molecular flexibility index (Phi) is 5.48. The number of rotatable bonds is 2. The van der Waals surface area contributed by atoms with Gasteiger partial charge in [0, 0.05) is 0 Å². The number of hydrogen-bond donors (Lipinski definition) is 0. The molecule has 1 aliphatic rings. The molecule has 0 fully saturated rings. The van der Waals surface area contributed by atoms with Crippen molar-refractivity contribution in [3.63, 3.8) is 0 Å². The topological polar surface area (TPSA) is 0 Å². The Morgan fingerprint density at radius 3 is 2.24 bits per heavy atom. The maximum atomic E-state index is 2.22. The summed E-state index contributed by atoms with van der Waals surface area (Å²) in [5.74, 6) is 0. The number of allylic oxidation sites excluding steroid dienone is 6. The SMILES string of the molecule is CC.C\C=C/C1=C(\C=C/C)c2ccccc2C1. The predicted molar refractivity (Wildman–Crippen MR) is 78.0 cm³/mol. The molecule has 0 N–H and O–H groups in total. The van der Waals surface area contributed by atoms with Crippen molar-refractivity contribution in [3.05, 3.63) is 65.3 Å². The molecule has 0 unspecified atom stereocenters. The van der Waals surface area contributed by atoms with Crippen molar-refractivity contribution in [1.82, 2.24) is 0 Å². The van der Waals surface area contributed by atoms with Crippen LogP contribution in [-0.4, -0.2) is 0 Å². The molecule has 1 aliphatic carbocycles. The predicted octanol–water partition coefficient (Wildman–Crippen LogP) is 5.17. The summed E-state index contributed by atoms with van der Waals surface area (Å²) in [5.41, 5.74) is 5.64. The molecular formula is C17H22. The lowest BCUT2D eigenvalue weighted by atomic mass is 10.1. The van der Waals surface area contributed by atoms with Gasteiger partial charge < -0.3 is 0 Å². The van der Waals surface area contributed by atoms with Crippen LogP contribution in [0.15, 0.2) is 54.1 Å². The summed E-state index contributed by atoms with van der Waals surface area (Å²) in [6.07, 6.45) is 9.72. The van der Waals surface area contributed by atoms with Crippen molar-refractivity contribution >= 4 is 5.57 Å². The van der Waals surface area contributed by atoms with Crippen LogP contribution in [0.4, 0.5) is 0 Å². The maximum absolute atomic E-state index is 2.22. The van der Waals surface area contributed by atoms with E-state index >= 15 is 0 Å².